The molecule has 1 aromatic carbocycles. The van der Waals surface area contributed by atoms with E-state index in [1.54, 1.807) is 0 Å². The molecule has 0 heterocycles. The van der Waals surface area contributed by atoms with E-state index in [4.69, 9.17) is 11.6 Å². The van der Waals surface area contributed by atoms with Gasteiger partial charge in [-0.1, -0.05) is 34.1 Å². The van der Waals surface area contributed by atoms with Crippen LogP contribution in [0.25, 0.3) is 0 Å². The van der Waals surface area contributed by atoms with Crippen molar-refractivity contribution in [2.75, 3.05) is 19.6 Å². The molecule has 0 N–H and O–H groups in total. The normalized spacial score (nSPS) is 10.8. The smallest absolute Gasteiger partial charge is 0.0736 e. The van der Waals surface area contributed by atoms with Crippen molar-refractivity contribution in [3.8, 4) is 0 Å². The summed E-state index contributed by atoms with van der Waals surface area (Å²) >= 11 is 9.19. The molecule has 0 unspecified atom stereocenters. The molecule has 0 radical (unpaired) electrons. The van der Waals surface area contributed by atoms with Crippen LogP contribution in [0.3, 0.4) is 0 Å². The Hall–Kier alpha value is -0.0500. The number of nitrogens with zero attached hydrogens (tertiary/aromatic N) is 1. The van der Waals surface area contributed by atoms with Gasteiger partial charge < -0.3 is 0 Å². The fourth-order valence-corrected chi connectivity index (χ4v) is 1.67. The predicted octanol–water partition coefficient (Wildman–Crippen LogP) is 3.12. The van der Waals surface area contributed by atoms with Crippen molar-refractivity contribution >= 4 is 27.5 Å². The Balaban J connectivity index is 2.50. The zero-order valence-corrected chi connectivity index (χ0v) is 9.98. The molecule has 0 aliphatic carbocycles. The summed E-state index contributed by atoms with van der Waals surface area (Å²) in [5.74, 6) is 0. The number of likely N-dealkylation sites (N-methyl/N-ethyl adjacent to an activating group) is 1. The monoisotopic (exact) mass is 261 g/mol. The van der Waals surface area contributed by atoms with Crippen molar-refractivity contribution < 1.29 is 0 Å². The molecule has 72 valence electrons. The lowest BCUT2D eigenvalue weighted by molar-refractivity contribution is 0.394. The molecule has 0 spiro atoms. The van der Waals surface area contributed by atoms with Gasteiger partial charge in [0.15, 0.2) is 0 Å². The summed E-state index contributed by atoms with van der Waals surface area (Å²) in [5.41, 5.74) is 1.33. The maximum Gasteiger partial charge on any atom is 0.0736 e. The summed E-state index contributed by atoms with van der Waals surface area (Å²) in [6.07, 6.45) is 1.03. The largest absolute Gasteiger partial charge is 0.293 e. The van der Waals surface area contributed by atoms with Gasteiger partial charge in [-0.3, -0.25) is 4.90 Å². The molecular weight excluding hydrogens is 249 g/mol. The minimum Gasteiger partial charge on any atom is -0.293 e. The van der Waals surface area contributed by atoms with E-state index in [2.05, 4.69) is 39.0 Å². The summed E-state index contributed by atoms with van der Waals surface area (Å²) in [6, 6.07) is 8.87. The van der Waals surface area contributed by atoms with Crippen molar-refractivity contribution in [2.24, 2.45) is 0 Å². The quantitative estimate of drug-likeness (QED) is 0.595. The van der Waals surface area contributed by atoms with Gasteiger partial charge in [-0.15, -0.1) is 11.6 Å². The van der Waals surface area contributed by atoms with E-state index in [0.29, 0.717) is 6.00 Å². The maximum absolute atomic E-state index is 5.67. The molecule has 1 aromatic rings. The summed E-state index contributed by atoms with van der Waals surface area (Å²) in [7, 11) is 2.02. The van der Waals surface area contributed by atoms with Gasteiger partial charge in [0, 0.05) is 11.0 Å². The SMILES string of the molecule is CN(CCl)CCc1ccccc1Br. The highest BCUT2D eigenvalue weighted by molar-refractivity contribution is 9.10. The third kappa shape index (κ3) is 3.67. The Bertz CT molecular complexity index is 265. The van der Waals surface area contributed by atoms with E-state index in [9.17, 15) is 0 Å². The number of halogens is 2. The number of hydrogen-bond donors (Lipinski definition) is 0. The van der Waals surface area contributed by atoms with E-state index in [0.717, 1.165) is 13.0 Å². The Labute approximate surface area is 92.8 Å². The molecule has 0 saturated carbocycles. The molecule has 3 heteroatoms. The van der Waals surface area contributed by atoms with E-state index in [1.165, 1.54) is 10.0 Å². The summed E-state index contributed by atoms with van der Waals surface area (Å²) in [6.45, 7) is 0.992. The van der Waals surface area contributed by atoms with Crippen LogP contribution in [0.15, 0.2) is 28.7 Å². The fourth-order valence-electron chi connectivity index (χ4n) is 1.07. The van der Waals surface area contributed by atoms with E-state index < -0.39 is 0 Å². The molecule has 0 fully saturated rings. The zero-order valence-electron chi connectivity index (χ0n) is 7.63. The molecular formula is C10H13BrClN. The Morgan fingerprint density at radius 2 is 2.08 bits per heavy atom. The van der Waals surface area contributed by atoms with Gasteiger partial charge >= 0.3 is 0 Å². The van der Waals surface area contributed by atoms with E-state index in [1.807, 2.05) is 13.1 Å². The first-order chi connectivity index (χ1) is 6.24. The molecule has 0 aliphatic rings. The van der Waals surface area contributed by atoms with Crippen LogP contribution in [0.1, 0.15) is 5.56 Å². The Kier molecular flexibility index (Phi) is 4.78. The van der Waals surface area contributed by atoms with Crippen LogP contribution in [0.5, 0.6) is 0 Å². The average Bonchev–Trinajstić information content (AvgIpc) is 2.16. The lowest BCUT2D eigenvalue weighted by atomic mass is 10.1. The summed E-state index contributed by atoms with van der Waals surface area (Å²) in [4.78, 5) is 2.08. The lowest BCUT2D eigenvalue weighted by Crippen LogP contribution is -2.19. The van der Waals surface area contributed by atoms with Crippen molar-refractivity contribution in [1.29, 1.82) is 0 Å². The Morgan fingerprint density at radius 3 is 2.69 bits per heavy atom. The number of alkyl halides is 1. The highest BCUT2D eigenvalue weighted by Gasteiger charge is 2.00. The van der Waals surface area contributed by atoms with E-state index >= 15 is 0 Å². The Morgan fingerprint density at radius 1 is 1.38 bits per heavy atom. The van der Waals surface area contributed by atoms with Gasteiger partial charge in [-0.25, -0.2) is 0 Å². The third-order valence-electron chi connectivity index (χ3n) is 1.92. The number of rotatable bonds is 4. The van der Waals surface area contributed by atoms with Crippen molar-refractivity contribution in [3.05, 3.63) is 34.3 Å². The van der Waals surface area contributed by atoms with Crippen LogP contribution in [-0.2, 0) is 6.42 Å². The average molecular weight is 263 g/mol. The number of hydrogen-bond acceptors (Lipinski definition) is 1. The van der Waals surface area contributed by atoms with Crippen LogP contribution < -0.4 is 0 Å². The standard InChI is InChI=1S/C10H13BrClN/c1-13(8-12)7-6-9-4-2-3-5-10(9)11/h2-5H,6-8H2,1H3. The topological polar surface area (TPSA) is 3.24 Å². The molecule has 1 rings (SSSR count). The highest BCUT2D eigenvalue weighted by Crippen LogP contribution is 2.16. The summed E-state index contributed by atoms with van der Waals surface area (Å²) in [5, 5.41) is 0. The van der Waals surface area contributed by atoms with Crippen LogP contribution in [-0.4, -0.2) is 24.5 Å². The van der Waals surface area contributed by atoms with Gasteiger partial charge in [0.05, 0.1) is 6.00 Å². The second-order valence-electron chi connectivity index (χ2n) is 3.04. The van der Waals surface area contributed by atoms with Crippen LogP contribution in [0, 0.1) is 0 Å². The van der Waals surface area contributed by atoms with Crippen molar-refractivity contribution in [1.82, 2.24) is 4.90 Å². The minimum absolute atomic E-state index is 0.588. The molecule has 0 atom stereocenters. The zero-order chi connectivity index (χ0) is 9.68. The fraction of sp³-hybridized carbons (Fsp3) is 0.400. The molecule has 13 heavy (non-hydrogen) atoms. The van der Waals surface area contributed by atoms with Crippen LogP contribution >= 0.6 is 27.5 Å². The van der Waals surface area contributed by atoms with Gasteiger partial charge in [0.2, 0.25) is 0 Å². The van der Waals surface area contributed by atoms with Gasteiger partial charge in [-0.05, 0) is 25.1 Å². The number of benzene rings is 1. The minimum atomic E-state index is 0.588. The lowest BCUT2D eigenvalue weighted by Gasteiger charge is -2.12. The molecule has 0 amide bonds. The first-order valence-corrected chi connectivity index (χ1v) is 5.54. The van der Waals surface area contributed by atoms with Crippen molar-refractivity contribution in [3.63, 3.8) is 0 Å². The molecule has 0 aliphatic heterocycles. The van der Waals surface area contributed by atoms with Crippen LogP contribution in [0.4, 0.5) is 0 Å². The maximum atomic E-state index is 5.67. The van der Waals surface area contributed by atoms with Gasteiger partial charge in [0.1, 0.15) is 0 Å². The van der Waals surface area contributed by atoms with Crippen LogP contribution in [0.2, 0.25) is 0 Å². The van der Waals surface area contributed by atoms with E-state index in [-0.39, 0.29) is 0 Å². The van der Waals surface area contributed by atoms with Gasteiger partial charge in [-0.2, -0.15) is 0 Å². The third-order valence-corrected chi connectivity index (χ3v) is 3.11. The molecule has 1 nitrogen and oxygen atoms in total. The van der Waals surface area contributed by atoms with Gasteiger partial charge in [0.25, 0.3) is 0 Å². The summed E-state index contributed by atoms with van der Waals surface area (Å²) < 4.78 is 1.18. The molecule has 0 aromatic heterocycles. The first kappa shape index (κ1) is 11.0. The molecule has 0 bridgehead atoms. The second kappa shape index (κ2) is 5.63. The second-order valence-corrected chi connectivity index (χ2v) is 4.13. The first-order valence-electron chi connectivity index (χ1n) is 4.22. The predicted molar refractivity (Wildman–Crippen MR) is 61.2 cm³/mol. The molecule has 0 saturated heterocycles. The van der Waals surface area contributed by atoms with Crippen molar-refractivity contribution in [2.45, 2.75) is 6.42 Å². The highest BCUT2D eigenvalue weighted by atomic mass is 79.9.